The zero-order chi connectivity index (χ0) is 12.4. The second-order valence-corrected chi connectivity index (χ2v) is 4.93. The minimum Gasteiger partial charge on any atom is -0.465 e. The third-order valence-corrected chi connectivity index (χ3v) is 3.33. The van der Waals surface area contributed by atoms with Crippen LogP contribution in [0.2, 0.25) is 0 Å². The van der Waals surface area contributed by atoms with Gasteiger partial charge in [0.25, 0.3) is 0 Å². The number of ketones is 2. The lowest BCUT2D eigenvalue weighted by Gasteiger charge is -2.13. The van der Waals surface area contributed by atoms with Gasteiger partial charge in [0.15, 0.2) is 5.78 Å². The quantitative estimate of drug-likeness (QED) is 0.498. The monoisotopic (exact) mass is 238 g/mol. The first kappa shape index (κ1) is 12.3. The van der Waals surface area contributed by atoms with Crippen molar-refractivity contribution < 1.29 is 19.1 Å². The summed E-state index contributed by atoms with van der Waals surface area (Å²) in [6.45, 7) is 1.96. The number of carbonyl (C=O) groups excluding carboxylic acids is 3. The van der Waals surface area contributed by atoms with Crippen molar-refractivity contribution in [2.45, 2.75) is 39.0 Å². The van der Waals surface area contributed by atoms with Gasteiger partial charge in [-0.25, -0.2) is 0 Å². The Morgan fingerprint density at radius 1 is 1.12 bits per heavy atom. The highest BCUT2D eigenvalue weighted by Gasteiger charge is 2.42. The van der Waals surface area contributed by atoms with Gasteiger partial charge in [-0.3, -0.25) is 14.4 Å². The van der Waals surface area contributed by atoms with Gasteiger partial charge in [0, 0.05) is 18.3 Å². The summed E-state index contributed by atoms with van der Waals surface area (Å²) in [7, 11) is 0. The van der Waals surface area contributed by atoms with E-state index in [1.807, 2.05) is 0 Å². The van der Waals surface area contributed by atoms with Crippen molar-refractivity contribution in [2.24, 2.45) is 17.8 Å². The molecule has 2 rings (SSSR count). The first-order valence-corrected chi connectivity index (χ1v) is 6.36. The Balaban J connectivity index is 1.97. The van der Waals surface area contributed by atoms with Crippen molar-refractivity contribution in [1.29, 1.82) is 0 Å². The molecule has 0 aromatic heterocycles. The number of Topliss-reactive ketones (excluding diaryl/α,β-unsaturated/α-hetero) is 2. The third kappa shape index (κ3) is 3.14. The molecule has 0 aliphatic heterocycles. The number of esters is 1. The van der Waals surface area contributed by atoms with Gasteiger partial charge in [0.05, 0.1) is 6.61 Å². The molecule has 0 aromatic rings. The molecule has 17 heavy (non-hydrogen) atoms. The van der Waals surface area contributed by atoms with Crippen molar-refractivity contribution in [1.82, 2.24) is 0 Å². The molecule has 0 saturated heterocycles. The summed E-state index contributed by atoms with van der Waals surface area (Å²) in [6.07, 6.45) is 3.58. The Morgan fingerprint density at radius 2 is 1.71 bits per heavy atom. The maximum atomic E-state index is 11.9. The molecule has 2 fully saturated rings. The van der Waals surface area contributed by atoms with Gasteiger partial charge in [-0.05, 0) is 32.6 Å². The van der Waals surface area contributed by atoms with E-state index in [4.69, 9.17) is 4.74 Å². The first-order chi connectivity index (χ1) is 8.13. The predicted octanol–water partition coefficient (Wildman–Crippen LogP) is 1.51. The highest BCUT2D eigenvalue weighted by atomic mass is 16.5. The van der Waals surface area contributed by atoms with Crippen LogP contribution in [-0.4, -0.2) is 24.1 Å². The van der Waals surface area contributed by atoms with E-state index in [0.717, 1.165) is 25.7 Å². The van der Waals surface area contributed by atoms with Crippen LogP contribution in [0, 0.1) is 17.8 Å². The summed E-state index contributed by atoms with van der Waals surface area (Å²) in [5.74, 6) is -1.29. The minimum atomic E-state index is -0.837. The summed E-state index contributed by atoms with van der Waals surface area (Å²) in [4.78, 5) is 35.4. The van der Waals surface area contributed by atoms with E-state index < -0.39 is 11.9 Å². The summed E-state index contributed by atoms with van der Waals surface area (Å²) >= 11 is 0. The Kier molecular flexibility index (Phi) is 3.60. The standard InChI is InChI=1S/C13H18O4/c1-2-17-13(16)10(12(15)9-5-6-9)7-11(14)8-3-4-8/h8-10H,2-7H2,1H3. The highest BCUT2D eigenvalue weighted by Crippen LogP contribution is 2.36. The first-order valence-electron chi connectivity index (χ1n) is 6.36. The van der Waals surface area contributed by atoms with Crippen molar-refractivity contribution in [3.05, 3.63) is 0 Å². The molecule has 0 radical (unpaired) electrons. The van der Waals surface area contributed by atoms with Crippen molar-refractivity contribution in [2.75, 3.05) is 6.61 Å². The van der Waals surface area contributed by atoms with Crippen LogP contribution in [0.3, 0.4) is 0 Å². The van der Waals surface area contributed by atoms with Crippen LogP contribution in [0.15, 0.2) is 0 Å². The number of carbonyl (C=O) groups is 3. The van der Waals surface area contributed by atoms with Crippen LogP contribution in [0.4, 0.5) is 0 Å². The zero-order valence-corrected chi connectivity index (χ0v) is 10.1. The highest BCUT2D eigenvalue weighted by molar-refractivity contribution is 6.04. The molecule has 0 N–H and O–H groups in total. The second-order valence-electron chi connectivity index (χ2n) is 4.93. The molecule has 0 spiro atoms. The molecule has 94 valence electrons. The topological polar surface area (TPSA) is 60.4 Å². The second kappa shape index (κ2) is 4.98. The van der Waals surface area contributed by atoms with Crippen LogP contribution in [0.1, 0.15) is 39.0 Å². The Bertz CT molecular complexity index is 339. The van der Waals surface area contributed by atoms with Crippen molar-refractivity contribution >= 4 is 17.5 Å². The molecule has 1 unspecified atom stereocenters. The molecule has 2 aliphatic carbocycles. The minimum absolute atomic E-state index is 0.00332. The average molecular weight is 238 g/mol. The molecule has 1 atom stereocenters. The molecular formula is C13H18O4. The smallest absolute Gasteiger partial charge is 0.316 e. The van der Waals surface area contributed by atoms with Gasteiger partial charge in [-0.1, -0.05) is 0 Å². The molecule has 0 amide bonds. The molecule has 0 aromatic carbocycles. The maximum absolute atomic E-state index is 11.9. The lowest BCUT2D eigenvalue weighted by Crippen LogP contribution is -2.30. The average Bonchev–Trinajstić information content (AvgIpc) is 3.18. The lowest BCUT2D eigenvalue weighted by atomic mass is 9.93. The van der Waals surface area contributed by atoms with Crippen molar-refractivity contribution in [3.8, 4) is 0 Å². The fraction of sp³-hybridized carbons (Fsp3) is 0.769. The van der Waals surface area contributed by atoms with Crippen LogP contribution in [0.5, 0.6) is 0 Å². The third-order valence-electron chi connectivity index (χ3n) is 3.33. The molecule has 4 nitrogen and oxygen atoms in total. The fourth-order valence-corrected chi connectivity index (χ4v) is 1.97. The van der Waals surface area contributed by atoms with E-state index in [2.05, 4.69) is 0 Å². The fourth-order valence-electron chi connectivity index (χ4n) is 1.97. The Morgan fingerprint density at radius 3 is 2.18 bits per heavy atom. The molecular weight excluding hydrogens is 220 g/mol. The van der Waals surface area contributed by atoms with Crippen LogP contribution in [-0.2, 0) is 19.1 Å². The van der Waals surface area contributed by atoms with Gasteiger partial charge in [-0.2, -0.15) is 0 Å². The molecule has 4 heteroatoms. The van der Waals surface area contributed by atoms with Gasteiger partial charge in [0.2, 0.25) is 0 Å². The van der Waals surface area contributed by atoms with E-state index in [0.29, 0.717) is 0 Å². The number of hydrogen-bond donors (Lipinski definition) is 0. The summed E-state index contributed by atoms with van der Waals surface area (Å²) in [5.41, 5.74) is 0. The van der Waals surface area contributed by atoms with Crippen LogP contribution in [0.25, 0.3) is 0 Å². The largest absolute Gasteiger partial charge is 0.465 e. The van der Waals surface area contributed by atoms with Crippen LogP contribution >= 0.6 is 0 Å². The van der Waals surface area contributed by atoms with Crippen LogP contribution < -0.4 is 0 Å². The Hall–Kier alpha value is -1.19. The normalized spacial score (nSPS) is 20.8. The molecule has 2 aliphatic rings. The summed E-state index contributed by atoms with van der Waals surface area (Å²) < 4.78 is 4.89. The number of rotatable bonds is 7. The number of hydrogen-bond acceptors (Lipinski definition) is 4. The van der Waals surface area contributed by atoms with Gasteiger partial charge < -0.3 is 4.74 Å². The van der Waals surface area contributed by atoms with Gasteiger partial charge in [-0.15, -0.1) is 0 Å². The van der Waals surface area contributed by atoms with E-state index in [1.165, 1.54) is 0 Å². The van der Waals surface area contributed by atoms with Gasteiger partial charge >= 0.3 is 5.97 Å². The Labute approximate surface area is 101 Å². The van der Waals surface area contributed by atoms with Gasteiger partial charge in [0.1, 0.15) is 11.7 Å². The zero-order valence-electron chi connectivity index (χ0n) is 10.1. The summed E-state index contributed by atoms with van der Waals surface area (Å²) in [6, 6.07) is 0. The molecule has 0 heterocycles. The molecule has 2 saturated carbocycles. The van der Waals surface area contributed by atoms with E-state index >= 15 is 0 Å². The summed E-state index contributed by atoms with van der Waals surface area (Å²) in [5, 5.41) is 0. The molecule has 0 bridgehead atoms. The SMILES string of the molecule is CCOC(=O)C(CC(=O)C1CC1)C(=O)C1CC1. The van der Waals surface area contributed by atoms with E-state index in [1.54, 1.807) is 6.92 Å². The van der Waals surface area contributed by atoms with Crippen molar-refractivity contribution in [3.63, 3.8) is 0 Å². The lowest BCUT2D eigenvalue weighted by molar-refractivity contribution is -0.153. The maximum Gasteiger partial charge on any atom is 0.316 e. The predicted molar refractivity (Wildman–Crippen MR) is 60.2 cm³/mol. The van der Waals surface area contributed by atoms with E-state index in [-0.39, 0.29) is 36.4 Å². The van der Waals surface area contributed by atoms with E-state index in [9.17, 15) is 14.4 Å². The number of ether oxygens (including phenoxy) is 1.